The third kappa shape index (κ3) is 2.79. The van der Waals surface area contributed by atoms with E-state index in [0.717, 1.165) is 19.4 Å². The van der Waals surface area contributed by atoms with Gasteiger partial charge in [-0.05, 0) is 50.4 Å². The minimum atomic E-state index is -0.274. The summed E-state index contributed by atoms with van der Waals surface area (Å²) in [6, 6.07) is 5.97. The van der Waals surface area contributed by atoms with Gasteiger partial charge in [0.25, 0.3) is 0 Å². The molecule has 3 N–H and O–H groups in total. The van der Waals surface area contributed by atoms with Crippen LogP contribution in [0.2, 0.25) is 0 Å². The number of rotatable bonds is 3. The lowest BCUT2D eigenvalue weighted by Gasteiger charge is -2.35. The van der Waals surface area contributed by atoms with Gasteiger partial charge in [-0.1, -0.05) is 12.2 Å². The van der Waals surface area contributed by atoms with Crippen LogP contribution in [0.3, 0.4) is 0 Å². The Balaban J connectivity index is 1.67. The van der Waals surface area contributed by atoms with Crippen molar-refractivity contribution in [2.24, 2.45) is 5.73 Å². The van der Waals surface area contributed by atoms with Crippen LogP contribution < -0.4 is 11.1 Å². The minimum absolute atomic E-state index is 0.231. The summed E-state index contributed by atoms with van der Waals surface area (Å²) in [6.07, 6.45) is 4.76. The average Bonchev–Trinajstić information content (AvgIpc) is 2.88. The van der Waals surface area contributed by atoms with E-state index in [1.54, 1.807) is 12.1 Å². The summed E-state index contributed by atoms with van der Waals surface area (Å²) in [5.74, 6) is -0.274. The molecule has 2 fully saturated rings. The molecule has 0 bridgehead atoms. The van der Waals surface area contributed by atoms with E-state index in [-0.39, 0.29) is 10.8 Å². The molecule has 0 spiro atoms. The smallest absolute Gasteiger partial charge is 0.146 e. The van der Waals surface area contributed by atoms with Gasteiger partial charge in [0.1, 0.15) is 10.8 Å². The molecule has 2 unspecified atom stereocenters. The summed E-state index contributed by atoms with van der Waals surface area (Å²) in [5, 5.41) is 3.34. The van der Waals surface area contributed by atoms with Crippen LogP contribution in [-0.4, -0.2) is 35.1 Å². The maximum absolute atomic E-state index is 14.0. The average molecular weight is 293 g/mol. The number of anilines is 1. The first kappa shape index (κ1) is 13.8. The molecule has 1 aromatic carbocycles. The number of hydrogen-bond acceptors (Lipinski definition) is 3. The fourth-order valence-corrected chi connectivity index (χ4v) is 3.49. The van der Waals surface area contributed by atoms with Gasteiger partial charge in [0.2, 0.25) is 0 Å². The van der Waals surface area contributed by atoms with Gasteiger partial charge in [0.15, 0.2) is 0 Å². The van der Waals surface area contributed by atoms with Crippen LogP contribution in [0, 0.1) is 5.82 Å². The molecule has 5 heteroatoms. The lowest BCUT2D eigenvalue weighted by atomic mass is 9.97. The number of fused-ring (bicyclic) bond motifs is 1. The summed E-state index contributed by atoms with van der Waals surface area (Å²) >= 11 is 4.86. The molecule has 2 aliphatic heterocycles. The van der Waals surface area contributed by atoms with E-state index >= 15 is 0 Å². The third-order valence-corrected chi connectivity index (χ3v) is 4.67. The van der Waals surface area contributed by atoms with Crippen LogP contribution in [0.25, 0.3) is 0 Å². The normalized spacial score (nSPS) is 26.2. The molecule has 1 aromatic rings. The van der Waals surface area contributed by atoms with Crippen molar-refractivity contribution in [2.45, 2.75) is 37.8 Å². The zero-order chi connectivity index (χ0) is 14.1. The highest BCUT2D eigenvalue weighted by Crippen LogP contribution is 2.29. The van der Waals surface area contributed by atoms with E-state index in [9.17, 15) is 4.39 Å². The van der Waals surface area contributed by atoms with Gasteiger partial charge < -0.3 is 16.0 Å². The predicted molar refractivity (Wildman–Crippen MR) is 83.5 cm³/mol. The molecular weight excluding hydrogens is 273 g/mol. The van der Waals surface area contributed by atoms with E-state index in [2.05, 4.69) is 10.2 Å². The Morgan fingerprint density at radius 1 is 1.35 bits per heavy atom. The number of nitrogens with one attached hydrogen (secondary N) is 1. The first-order valence-electron chi connectivity index (χ1n) is 7.23. The number of benzene rings is 1. The van der Waals surface area contributed by atoms with Crippen molar-refractivity contribution >= 4 is 22.9 Å². The van der Waals surface area contributed by atoms with E-state index < -0.39 is 0 Å². The van der Waals surface area contributed by atoms with Gasteiger partial charge in [0, 0.05) is 24.2 Å². The molecule has 2 atom stereocenters. The number of nitrogens with two attached hydrogens (primary N) is 1. The second-order valence-corrected chi connectivity index (χ2v) is 6.20. The lowest BCUT2D eigenvalue weighted by molar-refractivity contribution is 0.188. The Kier molecular flexibility index (Phi) is 3.89. The first-order valence-corrected chi connectivity index (χ1v) is 7.64. The number of halogens is 1. The molecule has 0 aliphatic carbocycles. The van der Waals surface area contributed by atoms with Crippen molar-refractivity contribution < 1.29 is 4.39 Å². The number of thiocarbonyl (C=S) groups is 1. The third-order valence-electron chi connectivity index (χ3n) is 4.43. The molecular formula is C15H20FN3S. The molecule has 3 rings (SSSR count). The Labute approximate surface area is 124 Å². The monoisotopic (exact) mass is 293 g/mol. The van der Waals surface area contributed by atoms with Crippen LogP contribution in [0.1, 0.15) is 31.2 Å². The van der Waals surface area contributed by atoms with Crippen LogP contribution >= 0.6 is 12.2 Å². The minimum Gasteiger partial charge on any atom is -0.389 e. The van der Waals surface area contributed by atoms with Gasteiger partial charge in [-0.15, -0.1) is 0 Å². The Morgan fingerprint density at radius 3 is 2.95 bits per heavy atom. The highest BCUT2D eigenvalue weighted by molar-refractivity contribution is 7.80. The van der Waals surface area contributed by atoms with E-state index in [0.29, 0.717) is 23.3 Å². The maximum Gasteiger partial charge on any atom is 0.146 e. The number of piperidine rings is 1. The van der Waals surface area contributed by atoms with Crippen LogP contribution in [0.15, 0.2) is 18.2 Å². The van der Waals surface area contributed by atoms with Gasteiger partial charge in [0.05, 0.1) is 5.69 Å². The SMILES string of the molecule is NC(=S)c1ccc(NC2CCN3CCCC3C2)c(F)c1. The Bertz CT molecular complexity index is 520. The van der Waals surface area contributed by atoms with Gasteiger partial charge >= 0.3 is 0 Å². The van der Waals surface area contributed by atoms with Gasteiger partial charge in [-0.3, -0.25) is 0 Å². The van der Waals surface area contributed by atoms with Crippen LogP contribution in [0.4, 0.5) is 10.1 Å². The van der Waals surface area contributed by atoms with E-state index in [1.807, 2.05) is 0 Å². The first-order chi connectivity index (χ1) is 9.63. The summed E-state index contributed by atoms with van der Waals surface area (Å²) in [6.45, 7) is 2.35. The molecule has 20 heavy (non-hydrogen) atoms. The topological polar surface area (TPSA) is 41.3 Å². The van der Waals surface area contributed by atoms with Crippen molar-refractivity contribution in [3.05, 3.63) is 29.6 Å². The summed E-state index contributed by atoms with van der Waals surface area (Å²) < 4.78 is 14.0. The van der Waals surface area contributed by atoms with E-state index in [1.165, 1.54) is 25.5 Å². The molecule has 0 radical (unpaired) electrons. The van der Waals surface area contributed by atoms with Crippen molar-refractivity contribution in [3.8, 4) is 0 Å². The van der Waals surface area contributed by atoms with Crippen molar-refractivity contribution in [3.63, 3.8) is 0 Å². The number of nitrogens with zero attached hydrogens (tertiary/aromatic N) is 1. The quantitative estimate of drug-likeness (QED) is 0.840. The highest BCUT2D eigenvalue weighted by atomic mass is 32.1. The van der Waals surface area contributed by atoms with Gasteiger partial charge in [-0.2, -0.15) is 0 Å². The van der Waals surface area contributed by atoms with Crippen molar-refractivity contribution in [1.82, 2.24) is 4.90 Å². The Hall–Kier alpha value is -1.20. The second-order valence-electron chi connectivity index (χ2n) is 5.76. The summed E-state index contributed by atoms with van der Waals surface area (Å²) in [5.41, 5.74) is 6.65. The molecule has 2 heterocycles. The van der Waals surface area contributed by atoms with Crippen LogP contribution in [0.5, 0.6) is 0 Å². The molecule has 0 aromatic heterocycles. The standard InChI is InChI=1S/C15H20FN3S/c16-13-8-10(15(17)20)3-4-14(13)18-11-5-7-19-6-1-2-12(19)9-11/h3-4,8,11-12,18H,1-2,5-7,9H2,(H2,17,20). The largest absolute Gasteiger partial charge is 0.389 e. The van der Waals surface area contributed by atoms with Crippen LogP contribution in [-0.2, 0) is 0 Å². The zero-order valence-corrected chi connectivity index (χ0v) is 12.3. The second kappa shape index (κ2) is 5.66. The maximum atomic E-state index is 14.0. The zero-order valence-electron chi connectivity index (χ0n) is 11.4. The molecule has 2 aliphatic rings. The van der Waals surface area contributed by atoms with Crippen molar-refractivity contribution in [1.29, 1.82) is 0 Å². The lowest BCUT2D eigenvalue weighted by Crippen LogP contribution is -2.42. The van der Waals surface area contributed by atoms with Gasteiger partial charge in [-0.25, -0.2) is 4.39 Å². The number of hydrogen-bond donors (Lipinski definition) is 2. The fourth-order valence-electron chi connectivity index (χ4n) is 3.36. The predicted octanol–water partition coefficient (Wildman–Crippen LogP) is 2.50. The van der Waals surface area contributed by atoms with E-state index in [4.69, 9.17) is 18.0 Å². The molecule has 0 amide bonds. The molecule has 108 valence electrons. The molecule has 3 nitrogen and oxygen atoms in total. The molecule has 2 saturated heterocycles. The highest BCUT2D eigenvalue weighted by Gasteiger charge is 2.31. The summed E-state index contributed by atoms with van der Waals surface area (Å²) in [4.78, 5) is 2.79. The fraction of sp³-hybridized carbons (Fsp3) is 0.533. The van der Waals surface area contributed by atoms with Crippen molar-refractivity contribution in [2.75, 3.05) is 18.4 Å². The molecule has 0 saturated carbocycles. The summed E-state index contributed by atoms with van der Waals surface area (Å²) in [7, 11) is 0. The Morgan fingerprint density at radius 2 is 2.20 bits per heavy atom.